The molecule has 0 bridgehead atoms. The van der Waals surface area contributed by atoms with Gasteiger partial charge < -0.3 is 29.2 Å². The Morgan fingerprint density at radius 1 is 1.24 bits per heavy atom. The molecule has 0 atom stereocenters. The van der Waals surface area contributed by atoms with Gasteiger partial charge in [-0.3, -0.25) is 4.79 Å². The number of benzene rings is 1. The number of hydrogen-bond donors (Lipinski definition) is 1. The molecular formula is C25H32N8O4. The van der Waals surface area contributed by atoms with Gasteiger partial charge in [0, 0.05) is 51.2 Å². The molecule has 196 valence electrons. The third kappa shape index (κ3) is 5.96. The number of hydrogen-bond acceptors (Lipinski definition) is 10. The number of amides is 2. The molecule has 0 unspecified atom stereocenters. The van der Waals surface area contributed by atoms with Crippen LogP contribution in [0, 0.1) is 0 Å². The first-order chi connectivity index (χ1) is 17.6. The lowest BCUT2D eigenvalue weighted by Gasteiger charge is -2.23. The molecule has 1 N–H and O–H groups in total. The predicted octanol–water partition coefficient (Wildman–Crippen LogP) is 3.42. The first-order valence-electron chi connectivity index (χ1n) is 12.1. The SMILES string of the molecule is CCNc1ncc2c(n1)N(C)CCN(c1cccc(-c3nnc(CN(C)C(=O)OC(C)(C)C)o3)c1)C2=O. The number of aromatic nitrogens is 4. The molecule has 0 spiro atoms. The zero-order chi connectivity index (χ0) is 26.7. The lowest BCUT2D eigenvalue weighted by Crippen LogP contribution is -2.33. The molecule has 1 aliphatic rings. The van der Waals surface area contributed by atoms with Crippen molar-refractivity contribution in [2.24, 2.45) is 0 Å². The number of nitrogens with one attached hydrogen (secondary N) is 1. The maximum absolute atomic E-state index is 13.5. The van der Waals surface area contributed by atoms with Crippen LogP contribution < -0.4 is 15.1 Å². The first-order valence-corrected chi connectivity index (χ1v) is 12.1. The zero-order valence-corrected chi connectivity index (χ0v) is 22.0. The Hall–Kier alpha value is -4.22. The molecule has 0 saturated carbocycles. The highest BCUT2D eigenvalue weighted by Crippen LogP contribution is 2.29. The number of carbonyl (C=O) groups excluding carboxylic acids is 2. The van der Waals surface area contributed by atoms with E-state index < -0.39 is 11.7 Å². The third-order valence-electron chi connectivity index (χ3n) is 5.55. The van der Waals surface area contributed by atoms with E-state index >= 15 is 0 Å². The summed E-state index contributed by atoms with van der Waals surface area (Å²) in [5.41, 5.74) is 1.16. The third-order valence-corrected chi connectivity index (χ3v) is 5.55. The summed E-state index contributed by atoms with van der Waals surface area (Å²) in [6, 6.07) is 7.33. The fourth-order valence-electron chi connectivity index (χ4n) is 3.76. The highest BCUT2D eigenvalue weighted by molar-refractivity contribution is 6.09. The minimum Gasteiger partial charge on any atom is -0.444 e. The van der Waals surface area contributed by atoms with Gasteiger partial charge in [-0.25, -0.2) is 9.78 Å². The van der Waals surface area contributed by atoms with Crippen LogP contribution in [0.2, 0.25) is 0 Å². The van der Waals surface area contributed by atoms with Crippen molar-refractivity contribution in [1.29, 1.82) is 0 Å². The Morgan fingerprint density at radius 2 is 2.03 bits per heavy atom. The number of anilines is 3. The van der Waals surface area contributed by atoms with Crippen LogP contribution in [0.5, 0.6) is 0 Å². The first kappa shape index (κ1) is 25.9. The van der Waals surface area contributed by atoms with Crippen LogP contribution in [0.25, 0.3) is 11.5 Å². The zero-order valence-electron chi connectivity index (χ0n) is 22.0. The summed E-state index contributed by atoms with van der Waals surface area (Å²) < 4.78 is 11.2. The van der Waals surface area contributed by atoms with E-state index in [-0.39, 0.29) is 24.2 Å². The van der Waals surface area contributed by atoms with Gasteiger partial charge in [0.1, 0.15) is 23.5 Å². The van der Waals surface area contributed by atoms with Gasteiger partial charge in [-0.05, 0) is 45.9 Å². The molecule has 1 aliphatic heterocycles. The van der Waals surface area contributed by atoms with Crippen LogP contribution >= 0.6 is 0 Å². The summed E-state index contributed by atoms with van der Waals surface area (Å²) in [5.74, 6) is 1.44. The number of nitrogens with zero attached hydrogens (tertiary/aromatic N) is 7. The molecule has 0 fully saturated rings. The van der Waals surface area contributed by atoms with Crippen molar-refractivity contribution in [2.45, 2.75) is 39.8 Å². The second kappa shape index (κ2) is 10.4. The molecule has 2 amide bonds. The average Bonchev–Trinajstić information content (AvgIpc) is 3.27. The van der Waals surface area contributed by atoms with Gasteiger partial charge in [0.15, 0.2) is 0 Å². The van der Waals surface area contributed by atoms with Crippen LogP contribution in [-0.4, -0.2) is 76.4 Å². The molecular weight excluding hydrogens is 476 g/mol. The highest BCUT2D eigenvalue weighted by atomic mass is 16.6. The molecule has 1 aromatic carbocycles. The van der Waals surface area contributed by atoms with Gasteiger partial charge in [-0.15, -0.1) is 10.2 Å². The second-order valence-electron chi connectivity index (χ2n) is 9.73. The van der Waals surface area contributed by atoms with Crippen LogP contribution in [0.15, 0.2) is 34.9 Å². The Labute approximate surface area is 215 Å². The van der Waals surface area contributed by atoms with E-state index in [1.54, 1.807) is 38.9 Å². The average molecular weight is 509 g/mol. The summed E-state index contributed by atoms with van der Waals surface area (Å²) in [6.45, 7) is 9.20. The number of rotatable bonds is 6. The van der Waals surface area contributed by atoms with Crippen molar-refractivity contribution < 1.29 is 18.7 Å². The maximum Gasteiger partial charge on any atom is 0.410 e. The number of fused-ring (bicyclic) bond motifs is 1. The lowest BCUT2D eigenvalue weighted by molar-refractivity contribution is 0.0271. The van der Waals surface area contributed by atoms with Crippen LogP contribution in [0.1, 0.15) is 43.9 Å². The van der Waals surface area contributed by atoms with Crippen molar-refractivity contribution in [3.05, 3.63) is 41.9 Å². The van der Waals surface area contributed by atoms with Crippen LogP contribution in [0.3, 0.4) is 0 Å². The molecule has 4 rings (SSSR count). The fourth-order valence-corrected chi connectivity index (χ4v) is 3.76. The molecule has 12 heteroatoms. The summed E-state index contributed by atoms with van der Waals surface area (Å²) in [6.07, 6.45) is 1.08. The van der Waals surface area contributed by atoms with Crippen molar-refractivity contribution in [3.8, 4) is 11.5 Å². The van der Waals surface area contributed by atoms with E-state index in [1.807, 2.05) is 43.1 Å². The molecule has 2 aromatic heterocycles. The molecule has 12 nitrogen and oxygen atoms in total. The van der Waals surface area contributed by atoms with Crippen LogP contribution in [0.4, 0.5) is 22.2 Å². The molecule has 0 saturated heterocycles. The number of carbonyl (C=O) groups is 2. The van der Waals surface area contributed by atoms with E-state index in [2.05, 4.69) is 25.5 Å². The van der Waals surface area contributed by atoms with Crippen molar-refractivity contribution in [1.82, 2.24) is 25.1 Å². The van der Waals surface area contributed by atoms with E-state index in [0.29, 0.717) is 48.2 Å². The Kier molecular flexibility index (Phi) is 7.28. The molecule has 0 radical (unpaired) electrons. The number of likely N-dealkylation sites (N-methyl/N-ethyl adjacent to an activating group) is 1. The summed E-state index contributed by atoms with van der Waals surface area (Å²) in [4.78, 5) is 39.6. The van der Waals surface area contributed by atoms with E-state index in [4.69, 9.17) is 9.15 Å². The molecule has 3 heterocycles. The predicted molar refractivity (Wildman–Crippen MR) is 139 cm³/mol. The summed E-state index contributed by atoms with van der Waals surface area (Å²) in [5, 5.41) is 11.3. The van der Waals surface area contributed by atoms with Crippen LogP contribution in [-0.2, 0) is 11.3 Å². The van der Waals surface area contributed by atoms with Gasteiger partial charge in [0.05, 0.1) is 0 Å². The standard InChI is InChI=1S/C25H32N8O4/c1-7-26-23-27-14-18-20(28-23)31(5)11-12-33(22(18)34)17-10-8-9-16(13-17)21-30-29-19(36-21)15-32(6)24(35)37-25(2,3)4/h8-10,13-14H,7,11-12,15H2,1-6H3,(H,26,27,28). The maximum atomic E-state index is 13.5. The largest absolute Gasteiger partial charge is 0.444 e. The van der Waals surface area contributed by atoms with Gasteiger partial charge in [-0.1, -0.05) is 6.07 Å². The van der Waals surface area contributed by atoms with E-state index in [9.17, 15) is 9.59 Å². The Bertz CT molecular complexity index is 1290. The minimum absolute atomic E-state index is 0.101. The Balaban J connectivity index is 1.54. The van der Waals surface area contributed by atoms with Gasteiger partial charge in [-0.2, -0.15) is 4.98 Å². The molecule has 37 heavy (non-hydrogen) atoms. The topological polar surface area (TPSA) is 130 Å². The van der Waals surface area contributed by atoms with Gasteiger partial charge in [0.25, 0.3) is 5.91 Å². The van der Waals surface area contributed by atoms with E-state index in [0.717, 1.165) is 0 Å². The highest BCUT2D eigenvalue weighted by Gasteiger charge is 2.28. The smallest absolute Gasteiger partial charge is 0.410 e. The van der Waals surface area contributed by atoms with Crippen molar-refractivity contribution in [3.63, 3.8) is 0 Å². The molecule has 0 aliphatic carbocycles. The van der Waals surface area contributed by atoms with Gasteiger partial charge in [0.2, 0.25) is 17.7 Å². The molecule has 3 aromatic rings. The lowest BCUT2D eigenvalue weighted by atomic mass is 10.1. The van der Waals surface area contributed by atoms with Gasteiger partial charge >= 0.3 is 6.09 Å². The number of ether oxygens (including phenoxy) is 1. The minimum atomic E-state index is -0.604. The fraction of sp³-hybridized carbons (Fsp3) is 0.440. The monoisotopic (exact) mass is 508 g/mol. The second-order valence-corrected chi connectivity index (χ2v) is 9.73. The van der Waals surface area contributed by atoms with E-state index in [1.165, 1.54) is 4.90 Å². The Morgan fingerprint density at radius 3 is 2.76 bits per heavy atom. The van der Waals surface area contributed by atoms with Crippen molar-refractivity contribution in [2.75, 3.05) is 48.8 Å². The normalized spacial score (nSPS) is 13.7. The quantitative estimate of drug-likeness (QED) is 0.528. The summed E-state index contributed by atoms with van der Waals surface area (Å²) >= 11 is 0. The summed E-state index contributed by atoms with van der Waals surface area (Å²) in [7, 11) is 3.51. The van der Waals surface area contributed by atoms with Crippen molar-refractivity contribution >= 4 is 29.5 Å².